The average Bonchev–Trinajstić information content (AvgIpc) is 3.02. The van der Waals surface area contributed by atoms with Gasteiger partial charge in [0.2, 0.25) is 0 Å². The third kappa shape index (κ3) is 5.38. The minimum atomic E-state index is -0.419. The highest BCUT2D eigenvalue weighted by Crippen LogP contribution is 2.35. The van der Waals surface area contributed by atoms with E-state index in [9.17, 15) is 10.1 Å². The number of rotatable bonds is 6. The van der Waals surface area contributed by atoms with Gasteiger partial charge in [-0.2, -0.15) is 0 Å². The van der Waals surface area contributed by atoms with E-state index in [0.29, 0.717) is 16.9 Å². The van der Waals surface area contributed by atoms with Gasteiger partial charge in [0.1, 0.15) is 5.03 Å². The molecule has 2 rings (SSSR count). The van der Waals surface area contributed by atoms with Crippen molar-refractivity contribution in [3.8, 4) is 0 Å². The molecular formula is C14H22N6O2S2. The van der Waals surface area contributed by atoms with Gasteiger partial charge in [0.25, 0.3) is 6.20 Å². The Morgan fingerprint density at radius 2 is 2.42 bits per heavy atom. The van der Waals surface area contributed by atoms with Gasteiger partial charge in [-0.05, 0) is 25.5 Å². The second-order valence-electron chi connectivity index (χ2n) is 5.50. The van der Waals surface area contributed by atoms with E-state index in [1.54, 1.807) is 7.05 Å². The molecule has 0 saturated heterocycles. The summed E-state index contributed by atoms with van der Waals surface area (Å²) in [4.78, 5) is 18.7. The second kappa shape index (κ2) is 8.88. The molecule has 0 spiro atoms. The molecule has 1 aliphatic rings. The van der Waals surface area contributed by atoms with Crippen LogP contribution >= 0.6 is 23.1 Å². The highest BCUT2D eigenvalue weighted by Gasteiger charge is 2.26. The molecule has 1 heterocycles. The van der Waals surface area contributed by atoms with Crippen LogP contribution in [0.5, 0.6) is 0 Å². The summed E-state index contributed by atoms with van der Waals surface area (Å²) in [6, 6.07) is 0.225. The van der Waals surface area contributed by atoms with Gasteiger partial charge in [0.05, 0.1) is 10.6 Å². The summed E-state index contributed by atoms with van der Waals surface area (Å²) >= 11 is 2.87. The van der Waals surface area contributed by atoms with Crippen LogP contribution in [0.15, 0.2) is 21.6 Å². The number of nitro groups is 1. The van der Waals surface area contributed by atoms with Gasteiger partial charge in [-0.15, -0.1) is 23.1 Å². The van der Waals surface area contributed by atoms with Gasteiger partial charge in [-0.1, -0.05) is 6.42 Å². The van der Waals surface area contributed by atoms with E-state index < -0.39 is 4.92 Å². The third-order valence-electron chi connectivity index (χ3n) is 3.88. The van der Waals surface area contributed by atoms with Crippen LogP contribution in [0.25, 0.3) is 0 Å². The number of aromatic nitrogens is 1. The second-order valence-corrected chi connectivity index (χ2v) is 7.21. The number of hydrogen-bond donors (Lipinski definition) is 3. The standard InChI is InChI=1S/C14H22N6O2S2/c1-16-13(15)19-14-18-11(8-24-14)9-4-3-5-10(6-9)17-12(23-2)7-20(21)22/h7-10,17H,3-6H2,1-2H3,(H3,15,16,18,19)/b12-7-. The first-order valence-corrected chi connectivity index (χ1v) is 9.72. The quantitative estimate of drug-likeness (QED) is 0.305. The fourth-order valence-electron chi connectivity index (χ4n) is 2.73. The Labute approximate surface area is 149 Å². The molecule has 0 aromatic carbocycles. The Bertz CT molecular complexity index is 631. The van der Waals surface area contributed by atoms with E-state index in [1.807, 2.05) is 11.6 Å². The van der Waals surface area contributed by atoms with Crippen LogP contribution < -0.4 is 16.4 Å². The molecule has 1 fully saturated rings. The van der Waals surface area contributed by atoms with Crippen molar-refractivity contribution in [2.45, 2.75) is 37.6 Å². The fraction of sp³-hybridized carbons (Fsp3) is 0.571. The molecule has 0 aliphatic heterocycles. The van der Waals surface area contributed by atoms with Gasteiger partial charge < -0.3 is 16.4 Å². The Kier molecular flexibility index (Phi) is 6.85. The summed E-state index contributed by atoms with van der Waals surface area (Å²) < 4.78 is 0. The molecule has 1 aromatic rings. The molecule has 0 bridgehead atoms. The Morgan fingerprint density at radius 3 is 3.08 bits per heavy atom. The van der Waals surface area contributed by atoms with Crippen LogP contribution in [0.3, 0.4) is 0 Å². The molecule has 1 saturated carbocycles. The van der Waals surface area contributed by atoms with Crippen molar-refractivity contribution in [1.29, 1.82) is 0 Å². The Morgan fingerprint density at radius 1 is 1.62 bits per heavy atom. The van der Waals surface area contributed by atoms with Gasteiger partial charge in [-0.3, -0.25) is 15.1 Å². The van der Waals surface area contributed by atoms with E-state index in [1.165, 1.54) is 23.1 Å². The summed E-state index contributed by atoms with van der Waals surface area (Å²) in [7, 11) is 1.62. The molecule has 132 valence electrons. The number of guanidine groups is 1. The van der Waals surface area contributed by atoms with Gasteiger partial charge >= 0.3 is 0 Å². The van der Waals surface area contributed by atoms with E-state index in [-0.39, 0.29) is 6.04 Å². The number of anilines is 1. The molecule has 10 heteroatoms. The molecule has 4 N–H and O–H groups in total. The first-order chi connectivity index (χ1) is 11.5. The van der Waals surface area contributed by atoms with Crippen LogP contribution in [-0.4, -0.2) is 35.2 Å². The number of thiazole rings is 1. The van der Waals surface area contributed by atoms with Crippen molar-refractivity contribution in [3.63, 3.8) is 0 Å². The molecule has 24 heavy (non-hydrogen) atoms. The Hall–Kier alpha value is -1.81. The summed E-state index contributed by atoms with van der Waals surface area (Å²) in [6.45, 7) is 0. The van der Waals surface area contributed by atoms with Crippen molar-refractivity contribution in [2.24, 2.45) is 10.7 Å². The molecule has 8 nitrogen and oxygen atoms in total. The van der Waals surface area contributed by atoms with E-state index in [4.69, 9.17) is 5.73 Å². The van der Waals surface area contributed by atoms with Crippen molar-refractivity contribution >= 4 is 34.2 Å². The van der Waals surface area contributed by atoms with Gasteiger partial charge in [0.15, 0.2) is 11.1 Å². The number of nitrogens with one attached hydrogen (secondary N) is 2. The van der Waals surface area contributed by atoms with Crippen LogP contribution in [0.1, 0.15) is 37.3 Å². The van der Waals surface area contributed by atoms with Crippen LogP contribution in [0.4, 0.5) is 5.13 Å². The SMILES string of the molecule is CN=C(N)Nc1nc(C2CCCC(N/C(=C/[N+](=O)[O-])SC)C2)cs1. The van der Waals surface area contributed by atoms with Crippen LogP contribution in [-0.2, 0) is 0 Å². The molecule has 0 radical (unpaired) electrons. The normalized spacial score (nSPS) is 22.2. The zero-order valence-corrected chi connectivity index (χ0v) is 15.3. The lowest BCUT2D eigenvalue weighted by atomic mass is 9.84. The molecule has 0 amide bonds. The highest BCUT2D eigenvalue weighted by molar-refractivity contribution is 8.02. The zero-order valence-electron chi connectivity index (χ0n) is 13.7. The lowest BCUT2D eigenvalue weighted by Gasteiger charge is -2.29. The van der Waals surface area contributed by atoms with Crippen molar-refractivity contribution < 1.29 is 4.92 Å². The predicted octanol–water partition coefficient (Wildman–Crippen LogP) is 2.55. The monoisotopic (exact) mass is 370 g/mol. The molecular weight excluding hydrogens is 348 g/mol. The minimum Gasteiger partial charge on any atom is -0.372 e. The lowest BCUT2D eigenvalue weighted by molar-refractivity contribution is -0.403. The number of nitrogens with zero attached hydrogens (tertiary/aromatic N) is 3. The van der Waals surface area contributed by atoms with Gasteiger partial charge in [0, 0.05) is 24.4 Å². The lowest BCUT2D eigenvalue weighted by Crippen LogP contribution is -2.32. The smallest absolute Gasteiger partial charge is 0.263 e. The Balaban J connectivity index is 1.99. The van der Waals surface area contributed by atoms with Crippen molar-refractivity contribution in [2.75, 3.05) is 18.6 Å². The maximum atomic E-state index is 10.7. The third-order valence-corrected chi connectivity index (χ3v) is 5.32. The first kappa shape index (κ1) is 18.5. The predicted molar refractivity (Wildman–Crippen MR) is 100 cm³/mol. The van der Waals surface area contributed by atoms with E-state index in [2.05, 4.69) is 20.6 Å². The maximum Gasteiger partial charge on any atom is 0.263 e. The number of nitrogens with two attached hydrogens (primary N) is 1. The molecule has 1 aromatic heterocycles. The zero-order chi connectivity index (χ0) is 17.5. The molecule has 2 atom stereocenters. The van der Waals surface area contributed by atoms with Crippen molar-refractivity contribution in [3.05, 3.63) is 32.4 Å². The minimum absolute atomic E-state index is 0.225. The number of hydrogen-bond acceptors (Lipinski definition) is 7. The number of thioether (sulfide) groups is 1. The van der Waals surface area contributed by atoms with Crippen LogP contribution in [0.2, 0.25) is 0 Å². The van der Waals surface area contributed by atoms with Crippen LogP contribution in [0, 0.1) is 10.1 Å². The topological polar surface area (TPSA) is 118 Å². The summed E-state index contributed by atoms with van der Waals surface area (Å²) in [5.41, 5.74) is 6.70. The maximum absolute atomic E-state index is 10.7. The van der Waals surface area contributed by atoms with Gasteiger partial charge in [-0.25, -0.2) is 4.98 Å². The van der Waals surface area contributed by atoms with Crippen molar-refractivity contribution in [1.82, 2.24) is 10.3 Å². The average molecular weight is 371 g/mol. The number of aliphatic imine (C=N–C) groups is 1. The highest BCUT2D eigenvalue weighted by atomic mass is 32.2. The summed E-state index contributed by atoms with van der Waals surface area (Å²) in [5.74, 6) is 0.690. The van der Waals surface area contributed by atoms with E-state index in [0.717, 1.165) is 42.7 Å². The molecule has 2 unspecified atom stereocenters. The van der Waals surface area contributed by atoms with E-state index >= 15 is 0 Å². The fourth-order valence-corrected chi connectivity index (χ4v) is 4.01. The first-order valence-electron chi connectivity index (χ1n) is 7.62. The largest absolute Gasteiger partial charge is 0.372 e. The summed E-state index contributed by atoms with van der Waals surface area (Å²) in [5, 5.41) is 20.3. The molecule has 1 aliphatic carbocycles. The summed E-state index contributed by atoms with van der Waals surface area (Å²) in [6.07, 6.45) is 6.94.